The summed E-state index contributed by atoms with van der Waals surface area (Å²) >= 11 is 0. The van der Waals surface area contributed by atoms with E-state index in [1.165, 1.54) is 0 Å². The number of benzene rings is 1. The van der Waals surface area contributed by atoms with Gasteiger partial charge in [-0.15, -0.1) is 0 Å². The van der Waals surface area contributed by atoms with E-state index < -0.39 is 18.5 Å². The van der Waals surface area contributed by atoms with Crippen molar-refractivity contribution in [2.45, 2.75) is 39.0 Å². The van der Waals surface area contributed by atoms with Crippen molar-refractivity contribution in [3.63, 3.8) is 0 Å². The van der Waals surface area contributed by atoms with Crippen LogP contribution in [-0.2, 0) is 19.7 Å². The SMILES string of the molecule is CC(C)(C)c1ccc(C(=O)NCCC(=O)OCC(=O)NCCC#N)cc1. The van der Waals surface area contributed by atoms with Crippen LogP contribution < -0.4 is 10.6 Å². The molecule has 26 heavy (non-hydrogen) atoms. The van der Waals surface area contributed by atoms with Gasteiger partial charge in [0.2, 0.25) is 0 Å². The predicted octanol–water partition coefficient (Wildman–Crippen LogP) is 1.68. The third kappa shape index (κ3) is 7.79. The number of carbonyl (C=O) groups is 3. The number of hydrogen-bond acceptors (Lipinski definition) is 5. The lowest BCUT2D eigenvalue weighted by atomic mass is 9.87. The topological polar surface area (TPSA) is 108 Å². The lowest BCUT2D eigenvalue weighted by Crippen LogP contribution is -2.31. The highest BCUT2D eigenvalue weighted by atomic mass is 16.5. The first-order chi connectivity index (χ1) is 12.2. The molecule has 0 saturated carbocycles. The van der Waals surface area contributed by atoms with Crippen LogP contribution in [0.3, 0.4) is 0 Å². The summed E-state index contributed by atoms with van der Waals surface area (Å²) in [6.07, 6.45) is 0.166. The third-order valence-corrected chi connectivity index (χ3v) is 3.55. The van der Waals surface area contributed by atoms with Crippen LogP contribution in [0.5, 0.6) is 0 Å². The van der Waals surface area contributed by atoms with Crippen LogP contribution in [-0.4, -0.2) is 37.5 Å². The standard InChI is InChI=1S/C19H25N3O4/c1-19(2,3)15-7-5-14(6-8-15)18(25)22-12-9-17(24)26-13-16(23)21-11-4-10-20/h5-8H,4,9,11-13H2,1-3H3,(H,21,23)(H,22,25). The second-order valence-electron chi connectivity index (χ2n) is 6.75. The van der Waals surface area contributed by atoms with Gasteiger partial charge in [0, 0.05) is 18.7 Å². The van der Waals surface area contributed by atoms with Crippen molar-refractivity contribution < 1.29 is 19.1 Å². The summed E-state index contributed by atoms with van der Waals surface area (Å²) in [4.78, 5) is 34.9. The van der Waals surface area contributed by atoms with Gasteiger partial charge in [0.25, 0.3) is 11.8 Å². The number of amides is 2. The molecule has 1 aromatic carbocycles. The zero-order valence-electron chi connectivity index (χ0n) is 15.4. The Labute approximate surface area is 153 Å². The Morgan fingerprint density at radius 1 is 1.08 bits per heavy atom. The maximum absolute atomic E-state index is 12.0. The van der Waals surface area contributed by atoms with Crippen LogP contribution in [0.15, 0.2) is 24.3 Å². The molecule has 0 atom stereocenters. The van der Waals surface area contributed by atoms with E-state index in [1.54, 1.807) is 12.1 Å². The Morgan fingerprint density at radius 2 is 1.73 bits per heavy atom. The molecule has 0 saturated heterocycles. The van der Waals surface area contributed by atoms with E-state index in [4.69, 9.17) is 10.00 Å². The summed E-state index contributed by atoms with van der Waals surface area (Å²) in [5.41, 5.74) is 1.66. The molecular weight excluding hydrogens is 334 g/mol. The molecule has 0 unspecified atom stereocenters. The third-order valence-electron chi connectivity index (χ3n) is 3.55. The average molecular weight is 359 g/mol. The van der Waals surface area contributed by atoms with Gasteiger partial charge < -0.3 is 15.4 Å². The first kappa shape index (κ1) is 21.2. The van der Waals surface area contributed by atoms with Gasteiger partial charge in [-0.1, -0.05) is 32.9 Å². The van der Waals surface area contributed by atoms with Crippen LogP contribution in [0.4, 0.5) is 0 Å². The van der Waals surface area contributed by atoms with Crippen LogP contribution >= 0.6 is 0 Å². The molecule has 0 radical (unpaired) electrons. The van der Waals surface area contributed by atoms with Crippen molar-refractivity contribution in [2.75, 3.05) is 19.7 Å². The first-order valence-electron chi connectivity index (χ1n) is 8.42. The molecule has 7 nitrogen and oxygen atoms in total. The Bertz CT molecular complexity index is 670. The minimum atomic E-state index is -0.580. The predicted molar refractivity (Wildman–Crippen MR) is 96.3 cm³/mol. The number of esters is 1. The van der Waals surface area contributed by atoms with E-state index in [-0.39, 0.29) is 37.3 Å². The van der Waals surface area contributed by atoms with E-state index in [0.29, 0.717) is 5.56 Å². The number of nitrogens with zero attached hydrogens (tertiary/aromatic N) is 1. The van der Waals surface area contributed by atoms with Crippen molar-refractivity contribution >= 4 is 17.8 Å². The molecule has 140 valence electrons. The molecule has 0 bridgehead atoms. The molecule has 2 N–H and O–H groups in total. The van der Waals surface area contributed by atoms with Gasteiger partial charge in [-0.2, -0.15) is 5.26 Å². The fraction of sp³-hybridized carbons (Fsp3) is 0.474. The van der Waals surface area contributed by atoms with Crippen molar-refractivity contribution in [2.24, 2.45) is 0 Å². The number of hydrogen-bond donors (Lipinski definition) is 2. The number of carbonyl (C=O) groups excluding carboxylic acids is 3. The summed E-state index contributed by atoms with van der Waals surface area (Å²) in [6, 6.07) is 9.21. The van der Waals surface area contributed by atoms with Crippen molar-refractivity contribution in [3.8, 4) is 6.07 Å². The molecule has 0 aromatic heterocycles. The van der Waals surface area contributed by atoms with Gasteiger partial charge in [0.05, 0.1) is 18.9 Å². The van der Waals surface area contributed by atoms with E-state index in [0.717, 1.165) is 5.56 Å². The van der Waals surface area contributed by atoms with Crippen LogP contribution in [0, 0.1) is 11.3 Å². The molecule has 1 aromatic rings. The Morgan fingerprint density at radius 3 is 2.31 bits per heavy atom. The summed E-state index contributed by atoms with van der Waals surface area (Å²) in [5, 5.41) is 13.4. The maximum Gasteiger partial charge on any atom is 0.308 e. The summed E-state index contributed by atoms with van der Waals surface area (Å²) in [7, 11) is 0. The highest BCUT2D eigenvalue weighted by Gasteiger charge is 2.14. The summed E-state index contributed by atoms with van der Waals surface area (Å²) < 4.78 is 4.79. The molecule has 0 fully saturated rings. The van der Waals surface area contributed by atoms with E-state index in [1.807, 2.05) is 18.2 Å². The fourth-order valence-electron chi connectivity index (χ4n) is 2.03. The highest BCUT2D eigenvalue weighted by Crippen LogP contribution is 2.22. The minimum Gasteiger partial charge on any atom is -0.456 e. The first-order valence-corrected chi connectivity index (χ1v) is 8.42. The number of rotatable bonds is 8. The molecule has 0 aliphatic rings. The van der Waals surface area contributed by atoms with Gasteiger partial charge in [-0.05, 0) is 23.1 Å². The largest absolute Gasteiger partial charge is 0.456 e. The molecule has 0 heterocycles. The molecule has 2 amide bonds. The monoisotopic (exact) mass is 359 g/mol. The number of nitriles is 1. The minimum absolute atomic E-state index is 0.0136. The van der Waals surface area contributed by atoms with E-state index in [2.05, 4.69) is 31.4 Å². The van der Waals surface area contributed by atoms with Gasteiger partial charge in [-0.25, -0.2) is 0 Å². The second kappa shape index (κ2) is 10.2. The molecule has 1 rings (SSSR count). The van der Waals surface area contributed by atoms with Crippen molar-refractivity contribution in [1.82, 2.24) is 10.6 Å². The van der Waals surface area contributed by atoms with Crippen LogP contribution in [0.2, 0.25) is 0 Å². The molecule has 0 aliphatic heterocycles. The lowest BCUT2D eigenvalue weighted by molar-refractivity contribution is -0.148. The molecule has 0 aliphatic carbocycles. The fourth-order valence-corrected chi connectivity index (χ4v) is 2.03. The molecular formula is C19H25N3O4. The quantitative estimate of drug-likeness (QED) is 0.542. The average Bonchev–Trinajstić information content (AvgIpc) is 2.59. The van der Waals surface area contributed by atoms with Crippen LogP contribution in [0.1, 0.15) is 49.5 Å². The summed E-state index contributed by atoms with van der Waals surface area (Å²) in [5.74, 6) is -1.31. The van der Waals surface area contributed by atoms with Gasteiger partial charge in [-0.3, -0.25) is 14.4 Å². The summed E-state index contributed by atoms with van der Waals surface area (Å²) in [6.45, 7) is 6.23. The Kier molecular flexibility index (Phi) is 8.29. The van der Waals surface area contributed by atoms with E-state index >= 15 is 0 Å². The Hall–Kier alpha value is -2.88. The smallest absolute Gasteiger partial charge is 0.308 e. The highest BCUT2D eigenvalue weighted by molar-refractivity contribution is 5.94. The van der Waals surface area contributed by atoms with Crippen molar-refractivity contribution in [3.05, 3.63) is 35.4 Å². The second-order valence-corrected chi connectivity index (χ2v) is 6.75. The number of ether oxygens (including phenoxy) is 1. The van der Waals surface area contributed by atoms with Gasteiger partial charge in [0.1, 0.15) is 0 Å². The van der Waals surface area contributed by atoms with Gasteiger partial charge >= 0.3 is 5.97 Å². The Balaban J connectivity index is 2.30. The molecule has 7 heteroatoms. The zero-order valence-corrected chi connectivity index (χ0v) is 15.4. The molecule has 0 spiro atoms. The maximum atomic E-state index is 12.0. The zero-order chi connectivity index (χ0) is 19.6. The lowest BCUT2D eigenvalue weighted by Gasteiger charge is -2.19. The van der Waals surface area contributed by atoms with Crippen molar-refractivity contribution in [1.29, 1.82) is 5.26 Å². The van der Waals surface area contributed by atoms with Crippen LogP contribution in [0.25, 0.3) is 0 Å². The van der Waals surface area contributed by atoms with Gasteiger partial charge in [0.15, 0.2) is 6.61 Å². The normalized spacial score (nSPS) is 10.5. The van der Waals surface area contributed by atoms with E-state index in [9.17, 15) is 14.4 Å². The number of nitrogens with one attached hydrogen (secondary N) is 2.